The Balaban J connectivity index is 2.07. The molecule has 0 aliphatic carbocycles. The molecule has 1 saturated heterocycles. The molecule has 8 nitrogen and oxygen atoms in total. The number of nitrogens with one attached hydrogen (secondary N) is 1. The Bertz CT molecular complexity index is 704. The largest absolute Gasteiger partial charge is 0.462 e. The van der Waals surface area contributed by atoms with E-state index in [4.69, 9.17) is 9.47 Å². The fraction of sp³-hybridized carbons (Fsp3) is 0.643. The number of ether oxygens (including phenoxy) is 2. The van der Waals surface area contributed by atoms with Gasteiger partial charge in [0, 0.05) is 12.6 Å². The summed E-state index contributed by atoms with van der Waals surface area (Å²) in [6.45, 7) is 5.09. The van der Waals surface area contributed by atoms with Gasteiger partial charge in [-0.3, -0.25) is 19.1 Å². The number of carbonyl (C=O) groups is 1. The zero-order valence-corrected chi connectivity index (χ0v) is 15.2. The number of hydrogen-bond donors (Lipinski definition) is 2. The molecule has 0 saturated carbocycles. The molecular formula is C14H19IN2O6. The molecule has 1 aliphatic rings. The molecule has 0 bridgehead atoms. The summed E-state index contributed by atoms with van der Waals surface area (Å²) in [4.78, 5) is 37.2. The standard InChI is InChI=1S/C14H19IN2O6/c1-14(2,3)12(20)22-6-9-8(18)4-10(23-9)17-5-7(15)11(19)16-13(17)21/h5,8-10,18H,4,6H2,1-3H3,(H,16,19,21). The minimum absolute atomic E-state index is 0.0943. The second-order valence-corrected chi connectivity index (χ2v) is 7.59. The second kappa shape index (κ2) is 6.73. The first kappa shape index (κ1) is 18.1. The Morgan fingerprint density at radius 2 is 2.17 bits per heavy atom. The number of aromatic nitrogens is 2. The summed E-state index contributed by atoms with van der Waals surface area (Å²) in [6, 6.07) is 0. The average molecular weight is 438 g/mol. The van der Waals surface area contributed by atoms with E-state index < -0.39 is 41.1 Å². The molecule has 23 heavy (non-hydrogen) atoms. The molecule has 1 aromatic heterocycles. The summed E-state index contributed by atoms with van der Waals surface area (Å²) in [5.41, 5.74) is -1.73. The van der Waals surface area contributed by atoms with Crippen molar-refractivity contribution in [2.75, 3.05) is 6.61 Å². The highest BCUT2D eigenvalue weighted by atomic mass is 127. The van der Waals surface area contributed by atoms with Gasteiger partial charge in [0.1, 0.15) is 18.9 Å². The number of rotatable bonds is 3. The van der Waals surface area contributed by atoms with Gasteiger partial charge in [-0.1, -0.05) is 0 Å². The van der Waals surface area contributed by atoms with Crippen molar-refractivity contribution < 1.29 is 19.4 Å². The zero-order valence-electron chi connectivity index (χ0n) is 13.0. The highest BCUT2D eigenvalue weighted by molar-refractivity contribution is 14.1. The number of carbonyl (C=O) groups excluding carboxylic acids is 1. The van der Waals surface area contributed by atoms with Gasteiger partial charge in [0.05, 0.1) is 15.1 Å². The number of nitrogens with zero attached hydrogens (tertiary/aromatic N) is 1. The third-order valence-electron chi connectivity index (χ3n) is 3.43. The maximum absolute atomic E-state index is 11.8. The molecule has 0 amide bonds. The smallest absolute Gasteiger partial charge is 0.330 e. The number of aliphatic hydroxyl groups excluding tert-OH is 1. The molecule has 2 N–H and O–H groups in total. The van der Waals surface area contributed by atoms with E-state index in [2.05, 4.69) is 4.98 Å². The Morgan fingerprint density at radius 1 is 1.52 bits per heavy atom. The molecule has 3 atom stereocenters. The Kier molecular flexibility index (Phi) is 5.31. The monoisotopic (exact) mass is 438 g/mol. The second-order valence-electron chi connectivity index (χ2n) is 6.42. The van der Waals surface area contributed by atoms with Gasteiger partial charge in [0.15, 0.2) is 0 Å². The van der Waals surface area contributed by atoms with Crippen LogP contribution in [0.4, 0.5) is 0 Å². The number of hydrogen-bond acceptors (Lipinski definition) is 6. The molecule has 2 rings (SSSR count). The summed E-state index contributed by atoms with van der Waals surface area (Å²) in [6.07, 6.45) is -0.768. The topological polar surface area (TPSA) is 111 Å². The minimum atomic E-state index is -0.871. The number of halogens is 1. The van der Waals surface area contributed by atoms with Crippen molar-refractivity contribution in [1.82, 2.24) is 9.55 Å². The van der Waals surface area contributed by atoms with Crippen LogP contribution in [0, 0.1) is 8.99 Å². The van der Waals surface area contributed by atoms with Gasteiger partial charge in [-0.15, -0.1) is 0 Å². The van der Waals surface area contributed by atoms with Gasteiger partial charge in [-0.05, 0) is 43.4 Å². The van der Waals surface area contributed by atoms with Crippen LogP contribution in [0.25, 0.3) is 0 Å². The molecule has 0 spiro atoms. The summed E-state index contributed by atoms with van der Waals surface area (Å²) in [5.74, 6) is -0.396. The van der Waals surface area contributed by atoms with Crippen LogP contribution in [-0.2, 0) is 14.3 Å². The maximum Gasteiger partial charge on any atom is 0.330 e. The van der Waals surface area contributed by atoms with E-state index in [9.17, 15) is 19.5 Å². The number of aromatic amines is 1. The summed E-state index contributed by atoms with van der Waals surface area (Å²) in [5, 5.41) is 10.0. The van der Waals surface area contributed by atoms with Gasteiger partial charge in [0.25, 0.3) is 5.56 Å². The fourth-order valence-electron chi connectivity index (χ4n) is 2.08. The van der Waals surface area contributed by atoms with E-state index in [0.717, 1.165) is 0 Å². The zero-order chi connectivity index (χ0) is 17.4. The first-order valence-corrected chi connectivity index (χ1v) is 8.19. The van der Waals surface area contributed by atoms with Crippen LogP contribution in [0.5, 0.6) is 0 Å². The normalized spacial score (nSPS) is 24.7. The molecule has 3 unspecified atom stereocenters. The number of aliphatic hydroxyl groups is 1. The van der Waals surface area contributed by atoms with Gasteiger partial charge in [0.2, 0.25) is 0 Å². The van der Waals surface area contributed by atoms with Crippen LogP contribution in [0.15, 0.2) is 15.8 Å². The third kappa shape index (κ3) is 4.21. The summed E-state index contributed by atoms with van der Waals surface area (Å²) >= 11 is 1.81. The molecule has 0 radical (unpaired) electrons. The molecule has 128 valence electrons. The predicted molar refractivity (Wildman–Crippen MR) is 89.0 cm³/mol. The molecule has 2 heterocycles. The Hall–Kier alpha value is -1.20. The molecule has 1 fully saturated rings. The third-order valence-corrected chi connectivity index (χ3v) is 4.20. The highest BCUT2D eigenvalue weighted by Gasteiger charge is 2.37. The minimum Gasteiger partial charge on any atom is -0.462 e. The molecular weight excluding hydrogens is 419 g/mol. The van der Waals surface area contributed by atoms with E-state index in [1.165, 1.54) is 10.8 Å². The van der Waals surface area contributed by atoms with Gasteiger partial charge in [-0.25, -0.2) is 4.79 Å². The fourth-order valence-corrected chi connectivity index (χ4v) is 2.52. The first-order chi connectivity index (χ1) is 10.6. The van der Waals surface area contributed by atoms with Crippen LogP contribution < -0.4 is 11.2 Å². The van der Waals surface area contributed by atoms with E-state index >= 15 is 0 Å². The lowest BCUT2D eigenvalue weighted by atomic mass is 9.97. The lowest BCUT2D eigenvalue weighted by molar-refractivity contribution is -0.159. The van der Waals surface area contributed by atoms with Crippen LogP contribution in [0.1, 0.15) is 33.4 Å². The lowest BCUT2D eigenvalue weighted by Crippen LogP contribution is -2.34. The van der Waals surface area contributed by atoms with Crippen molar-refractivity contribution in [2.24, 2.45) is 5.41 Å². The molecule has 0 aromatic carbocycles. The summed E-state index contributed by atoms with van der Waals surface area (Å²) < 4.78 is 12.3. The molecule has 1 aliphatic heterocycles. The van der Waals surface area contributed by atoms with Crippen molar-refractivity contribution in [3.63, 3.8) is 0 Å². The van der Waals surface area contributed by atoms with Crippen molar-refractivity contribution >= 4 is 28.6 Å². The van der Waals surface area contributed by atoms with Crippen LogP contribution in [0.2, 0.25) is 0 Å². The number of esters is 1. The van der Waals surface area contributed by atoms with Crippen molar-refractivity contribution in [2.45, 2.75) is 45.6 Å². The van der Waals surface area contributed by atoms with Crippen molar-refractivity contribution in [3.05, 3.63) is 30.6 Å². The molecule has 1 aromatic rings. The van der Waals surface area contributed by atoms with Gasteiger partial charge >= 0.3 is 11.7 Å². The molecule has 9 heteroatoms. The van der Waals surface area contributed by atoms with Gasteiger partial charge < -0.3 is 14.6 Å². The average Bonchev–Trinajstić information content (AvgIpc) is 2.80. The van der Waals surface area contributed by atoms with Crippen LogP contribution in [-0.4, -0.2) is 39.4 Å². The number of H-pyrrole nitrogens is 1. The van der Waals surface area contributed by atoms with Crippen LogP contribution in [0.3, 0.4) is 0 Å². The van der Waals surface area contributed by atoms with E-state index in [1.807, 2.05) is 0 Å². The van der Waals surface area contributed by atoms with Crippen molar-refractivity contribution in [1.29, 1.82) is 0 Å². The highest BCUT2D eigenvalue weighted by Crippen LogP contribution is 2.28. The predicted octanol–water partition coefficient (Wildman–Crippen LogP) is 0.379. The van der Waals surface area contributed by atoms with E-state index in [0.29, 0.717) is 3.57 Å². The van der Waals surface area contributed by atoms with Crippen molar-refractivity contribution in [3.8, 4) is 0 Å². The Morgan fingerprint density at radius 3 is 2.78 bits per heavy atom. The maximum atomic E-state index is 11.8. The quantitative estimate of drug-likeness (QED) is 0.522. The van der Waals surface area contributed by atoms with E-state index in [-0.39, 0.29) is 13.0 Å². The van der Waals surface area contributed by atoms with Crippen LogP contribution >= 0.6 is 22.6 Å². The SMILES string of the molecule is CC(C)(C)C(=O)OCC1OC(n2cc(I)c(=O)[nH]c2=O)CC1O. The Labute approximate surface area is 145 Å². The first-order valence-electron chi connectivity index (χ1n) is 7.11. The van der Waals surface area contributed by atoms with E-state index in [1.54, 1.807) is 43.4 Å². The summed E-state index contributed by atoms with van der Waals surface area (Å²) in [7, 11) is 0. The lowest BCUT2D eigenvalue weighted by Gasteiger charge is -2.20. The van der Waals surface area contributed by atoms with Gasteiger partial charge in [-0.2, -0.15) is 0 Å².